The maximum absolute atomic E-state index is 12.0. The molecule has 3 nitrogen and oxygen atoms in total. The van der Waals surface area contributed by atoms with Crippen molar-refractivity contribution in [1.82, 2.24) is 4.98 Å². The zero-order valence-corrected chi connectivity index (χ0v) is 9.82. The van der Waals surface area contributed by atoms with Crippen LogP contribution in [0.5, 0.6) is 0 Å². The van der Waals surface area contributed by atoms with Gasteiger partial charge in [-0.05, 0) is 24.3 Å². The summed E-state index contributed by atoms with van der Waals surface area (Å²) in [6.07, 6.45) is 0.677. The lowest BCUT2D eigenvalue weighted by Crippen LogP contribution is -2.02. The Morgan fingerprint density at radius 1 is 1.19 bits per heavy atom. The molecule has 2 aromatic rings. The predicted octanol–water partition coefficient (Wildman–Crippen LogP) is 2.82. The smallest absolute Gasteiger partial charge is 0.210 e. The zero-order valence-electron chi connectivity index (χ0n) is 8.24. The van der Waals surface area contributed by atoms with Crippen molar-refractivity contribution in [3.8, 4) is 0 Å². The molecule has 80 valence electrons. The molecule has 1 aromatic heterocycles. The average molecular weight is 278 g/mol. The predicted molar refractivity (Wildman–Crippen MR) is 63.8 cm³/mol. The number of aromatic amines is 1. The van der Waals surface area contributed by atoms with E-state index >= 15 is 0 Å². The van der Waals surface area contributed by atoms with Crippen molar-refractivity contribution >= 4 is 28.0 Å². The molecule has 1 aromatic carbocycles. The third kappa shape index (κ3) is 1.97. The van der Waals surface area contributed by atoms with Gasteiger partial charge < -0.3 is 4.98 Å². The van der Waals surface area contributed by atoms with Crippen LogP contribution in [-0.2, 0) is 0 Å². The minimum absolute atomic E-state index is 0.138. The molecule has 0 fully saturated rings. The van der Waals surface area contributed by atoms with Gasteiger partial charge >= 0.3 is 0 Å². The van der Waals surface area contributed by atoms with E-state index in [1.165, 1.54) is 0 Å². The van der Waals surface area contributed by atoms with Gasteiger partial charge in [0.15, 0.2) is 6.29 Å². The Morgan fingerprint density at radius 2 is 1.94 bits per heavy atom. The van der Waals surface area contributed by atoms with Crippen molar-refractivity contribution < 1.29 is 9.59 Å². The van der Waals surface area contributed by atoms with Crippen molar-refractivity contribution in [3.05, 3.63) is 57.8 Å². The highest BCUT2D eigenvalue weighted by molar-refractivity contribution is 9.10. The first-order valence-corrected chi connectivity index (χ1v) is 5.45. The normalized spacial score (nSPS) is 10.1. The van der Waals surface area contributed by atoms with Crippen LogP contribution in [0.25, 0.3) is 0 Å². The highest BCUT2D eigenvalue weighted by atomic mass is 79.9. The summed E-state index contributed by atoms with van der Waals surface area (Å²) in [5.41, 5.74) is 1.38. The van der Waals surface area contributed by atoms with Gasteiger partial charge in [-0.25, -0.2) is 0 Å². The second kappa shape index (κ2) is 4.45. The average Bonchev–Trinajstić information content (AvgIpc) is 2.77. The molecule has 0 bridgehead atoms. The number of carbonyl (C=O) groups is 2. The van der Waals surface area contributed by atoms with Gasteiger partial charge in [0.25, 0.3) is 0 Å². The van der Waals surface area contributed by atoms with Gasteiger partial charge in [0.05, 0.1) is 11.4 Å². The number of H-pyrrole nitrogens is 1. The van der Waals surface area contributed by atoms with Crippen LogP contribution in [0.2, 0.25) is 0 Å². The molecule has 1 heterocycles. The van der Waals surface area contributed by atoms with E-state index in [9.17, 15) is 9.59 Å². The molecule has 0 aliphatic heterocycles. The fourth-order valence-corrected chi connectivity index (χ4v) is 1.87. The van der Waals surface area contributed by atoms with Crippen LogP contribution in [0.15, 0.2) is 40.9 Å². The quantitative estimate of drug-likeness (QED) is 0.693. The minimum atomic E-state index is -0.138. The summed E-state index contributed by atoms with van der Waals surface area (Å²) in [5.74, 6) is -0.138. The number of rotatable bonds is 3. The molecule has 0 unspecified atom stereocenters. The molecule has 0 aliphatic rings. The molecule has 0 atom stereocenters. The summed E-state index contributed by atoms with van der Waals surface area (Å²) in [7, 11) is 0. The van der Waals surface area contributed by atoms with Gasteiger partial charge in [-0.1, -0.05) is 28.1 Å². The summed E-state index contributed by atoms with van der Waals surface area (Å²) in [5, 5.41) is 0. The van der Waals surface area contributed by atoms with Crippen LogP contribution in [0.4, 0.5) is 0 Å². The third-order valence-corrected chi connectivity index (χ3v) is 2.89. The number of aromatic nitrogens is 1. The summed E-state index contributed by atoms with van der Waals surface area (Å²) < 4.78 is 0.738. The molecular weight excluding hydrogens is 270 g/mol. The first-order valence-electron chi connectivity index (χ1n) is 4.66. The van der Waals surface area contributed by atoms with Crippen molar-refractivity contribution in [1.29, 1.82) is 0 Å². The lowest BCUT2D eigenvalue weighted by atomic mass is 10.1. The molecule has 0 radical (unpaired) electrons. The maximum atomic E-state index is 12.0. The van der Waals surface area contributed by atoms with Gasteiger partial charge in [0.2, 0.25) is 5.78 Å². The molecular formula is C12H8BrNO2. The standard InChI is InChI=1S/C12H8BrNO2/c13-10-4-2-1-3-9(10)12(16)11-6-5-8(7-15)14-11/h1-7,14H. The Labute approximate surface area is 101 Å². The number of ketones is 1. The topological polar surface area (TPSA) is 49.9 Å². The Bertz CT molecular complexity index is 545. The van der Waals surface area contributed by atoms with Crippen LogP contribution in [0.3, 0.4) is 0 Å². The lowest BCUT2D eigenvalue weighted by Gasteiger charge is -2.00. The molecule has 4 heteroatoms. The SMILES string of the molecule is O=Cc1ccc(C(=O)c2ccccc2Br)[nH]1. The maximum Gasteiger partial charge on any atom is 0.210 e. The third-order valence-electron chi connectivity index (χ3n) is 2.20. The van der Waals surface area contributed by atoms with E-state index in [0.717, 1.165) is 4.47 Å². The molecule has 2 rings (SSSR count). The van der Waals surface area contributed by atoms with E-state index in [4.69, 9.17) is 0 Å². The Balaban J connectivity index is 2.39. The number of carbonyl (C=O) groups excluding carboxylic acids is 2. The van der Waals surface area contributed by atoms with Gasteiger partial charge in [0.1, 0.15) is 0 Å². The van der Waals surface area contributed by atoms with Gasteiger partial charge in [-0.15, -0.1) is 0 Å². The summed E-state index contributed by atoms with van der Waals surface area (Å²) in [6, 6.07) is 10.3. The molecule has 0 spiro atoms. The fourth-order valence-electron chi connectivity index (χ4n) is 1.40. The van der Waals surface area contributed by atoms with Crippen molar-refractivity contribution in [3.63, 3.8) is 0 Å². The molecule has 0 amide bonds. The first kappa shape index (κ1) is 10.8. The highest BCUT2D eigenvalue weighted by Crippen LogP contribution is 2.19. The van der Waals surface area contributed by atoms with Crippen LogP contribution < -0.4 is 0 Å². The van der Waals surface area contributed by atoms with E-state index in [1.54, 1.807) is 30.3 Å². The molecule has 0 saturated carbocycles. The van der Waals surface area contributed by atoms with Crippen LogP contribution in [0.1, 0.15) is 26.5 Å². The number of nitrogens with one attached hydrogen (secondary N) is 1. The van der Waals surface area contributed by atoms with E-state index in [1.807, 2.05) is 6.07 Å². The van der Waals surface area contributed by atoms with E-state index < -0.39 is 0 Å². The van der Waals surface area contributed by atoms with Crippen molar-refractivity contribution in [2.24, 2.45) is 0 Å². The van der Waals surface area contributed by atoms with Crippen molar-refractivity contribution in [2.75, 3.05) is 0 Å². The van der Waals surface area contributed by atoms with Crippen LogP contribution in [0, 0.1) is 0 Å². The summed E-state index contributed by atoms with van der Waals surface area (Å²) in [4.78, 5) is 25.3. The van der Waals surface area contributed by atoms with E-state index in [0.29, 0.717) is 23.2 Å². The van der Waals surface area contributed by atoms with E-state index in [-0.39, 0.29) is 5.78 Å². The number of halogens is 1. The second-order valence-electron chi connectivity index (χ2n) is 3.25. The number of hydrogen-bond acceptors (Lipinski definition) is 2. The number of benzene rings is 1. The largest absolute Gasteiger partial charge is 0.350 e. The number of hydrogen-bond donors (Lipinski definition) is 1. The Kier molecular flexibility index (Phi) is 3.01. The minimum Gasteiger partial charge on any atom is -0.350 e. The van der Waals surface area contributed by atoms with Gasteiger partial charge in [-0.3, -0.25) is 9.59 Å². The monoisotopic (exact) mass is 277 g/mol. The second-order valence-corrected chi connectivity index (χ2v) is 4.11. The first-order chi connectivity index (χ1) is 7.72. The van der Waals surface area contributed by atoms with Gasteiger partial charge in [-0.2, -0.15) is 0 Å². The van der Waals surface area contributed by atoms with Crippen molar-refractivity contribution in [2.45, 2.75) is 0 Å². The van der Waals surface area contributed by atoms with Crippen LogP contribution >= 0.6 is 15.9 Å². The lowest BCUT2D eigenvalue weighted by molar-refractivity contribution is 0.103. The Morgan fingerprint density at radius 3 is 2.56 bits per heavy atom. The van der Waals surface area contributed by atoms with E-state index in [2.05, 4.69) is 20.9 Å². The number of aldehydes is 1. The Hall–Kier alpha value is -1.68. The molecule has 16 heavy (non-hydrogen) atoms. The zero-order chi connectivity index (χ0) is 11.5. The molecule has 0 saturated heterocycles. The fraction of sp³-hybridized carbons (Fsp3) is 0. The van der Waals surface area contributed by atoms with Gasteiger partial charge in [0, 0.05) is 10.0 Å². The van der Waals surface area contributed by atoms with Crippen LogP contribution in [-0.4, -0.2) is 17.1 Å². The summed E-state index contributed by atoms with van der Waals surface area (Å²) >= 11 is 3.31. The molecule has 1 N–H and O–H groups in total. The highest BCUT2D eigenvalue weighted by Gasteiger charge is 2.13. The summed E-state index contributed by atoms with van der Waals surface area (Å²) in [6.45, 7) is 0. The molecule has 0 aliphatic carbocycles.